The highest BCUT2D eigenvalue weighted by Gasteiger charge is 2.69. The van der Waals surface area contributed by atoms with Crippen LogP contribution in [-0.2, 0) is 41.7 Å². The molecule has 242 valence electrons. The number of nitrogens with two attached hydrogens (primary N) is 1. The minimum atomic E-state index is -2.81. The van der Waals surface area contributed by atoms with E-state index in [1.807, 2.05) is 31.2 Å². The first-order valence-corrected chi connectivity index (χ1v) is 15.5. The number of phenols is 1. The van der Waals surface area contributed by atoms with E-state index in [2.05, 4.69) is 5.32 Å². The van der Waals surface area contributed by atoms with Crippen LogP contribution in [0.25, 0.3) is 11.1 Å². The third-order valence-corrected chi connectivity index (χ3v) is 10.2. The number of ketones is 4. The molecular weight excluding hydrogens is 594 g/mol. The molecule has 1 heterocycles. The number of benzene rings is 2. The molecule has 3 aliphatic carbocycles. The predicted molar refractivity (Wildman–Crippen MR) is 162 cm³/mol. The van der Waals surface area contributed by atoms with Crippen LogP contribution in [0.15, 0.2) is 30.3 Å². The lowest BCUT2D eigenvalue weighted by Gasteiger charge is -2.52. The minimum absolute atomic E-state index is 0.0445. The van der Waals surface area contributed by atoms with Gasteiger partial charge >= 0.3 is 0 Å². The van der Waals surface area contributed by atoms with Crippen molar-refractivity contribution in [3.8, 4) is 16.9 Å². The summed E-state index contributed by atoms with van der Waals surface area (Å²) < 4.78 is 5.46. The van der Waals surface area contributed by atoms with Gasteiger partial charge in [0, 0.05) is 24.6 Å². The molecule has 12 nitrogen and oxygen atoms in total. The number of aliphatic hydroxyl groups is 1. The van der Waals surface area contributed by atoms with Crippen molar-refractivity contribution >= 4 is 34.9 Å². The number of ether oxygens (including phenoxy) is 1. The van der Waals surface area contributed by atoms with E-state index >= 15 is 0 Å². The number of carbonyl (C=O) groups excluding carboxylic acids is 6. The Morgan fingerprint density at radius 2 is 1.80 bits per heavy atom. The summed E-state index contributed by atoms with van der Waals surface area (Å²) in [5.74, 6) is -11.5. The van der Waals surface area contributed by atoms with Gasteiger partial charge in [0.1, 0.15) is 11.9 Å². The first-order valence-electron chi connectivity index (χ1n) is 15.5. The zero-order valence-corrected chi connectivity index (χ0v) is 25.9. The first kappa shape index (κ1) is 31.7. The molecule has 2 aromatic rings. The number of primary amides is 1. The summed E-state index contributed by atoms with van der Waals surface area (Å²) in [4.78, 5) is 81.9. The Balaban J connectivity index is 1.46. The molecule has 2 aromatic carbocycles. The Bertz CT molecular complexity index is 1680. The van der Waals surface area contributed by atoms with E-state index in [0.717, 1.165) is 17.5 Å². The van der Waals surface area contributed by atoms with Gasteiger partial charge in [-0.3, -0.25) is 33.7 Å². The number of carbonyl (C=O) groups is 6. The summed E-state index contributed by atoms with van der Waals surface area (Å²) in [6.07, 6.45) is 0.800. The number of nitrogens with one attached hydrogen (secondary N) is 1. The number of aromatic hydroxyl groups is 1. The lowest BCUT2D eigenvalue weighted by molar-refractivity contribution is -0.181. The van der Waals surface area contributed by atoms with Crippen molar-refractivity contribution in [1.82, 2.24) is 10.2 Å². The van der Waals surface area contributed by atoms with Gasteiger partial charge in [0.15, 0.2) is 34.7 Å². The molecule has 3 unspecified atom stereocenters. The quantitative estimate of drug-likeness (QED) is 0.329. The lowest BCUT2D eigenvalue weighted by Crippen LogP contribution is -2.74. The van der Waals surface area contributed by atoms with Crippen LogP contribution in [0.3, 0.4) is 0 Å². The van der Waals surface area contributed by atoms with Gasteiger partial charge in [0.05, 0.1) is 17.5 Å². The van der Waals surface area contributed by atoms with Crippen molar-refractivity contribution in [3.63, 3.8) is 0 Å². The van der Waals surface area contributed by atoms with Crippen LogP contribution in [0.4, 0.5) is 0 Å². The van der Waals surface area contributed by atoms with E-state index in [0.29, 0.717) is 24.2 Å². The minimum Gasteiger partial charge on any atom is -0.507 e. The van der Waals surface area contributed by atoms with Gasteiger partial charge in [-0.25, -0.2) is 0 Å². The van der Waals surface area contributed by atoms with Crippen molar-refractivity contribution in [3.05, 3.63) is 52.6 Å². The summed E-state index contributed by atoms with van der Waals surface area (Å²) in [7, 11) is 3.09. The number of nitrogens with zero attached hydrogens (tertiary/aromatic N) is 1. The van der Waals surface area contributed by atoms with Crippen molar-refractivity contribution in [1.29, 1.82) is 0 Å². The monoisotopic (exact) mass is 631 g/mol. The predicted octanol–water partition coefficient (Wildman–Crippen LogP) is 0.638. The molecular formula is C34H37N3O9. The molecule has 7 atom stereocenters. The molecule has 2 amide bonds. The number of fused-ring (bicyclic) bond motifs is 3. The highest BCUT2D eigenvalue weighted by Crippen LogP contribution is 2.52. The fraction of sp³-hybridized carbons (Fsp3) is 0.471. The fourth-order valence-electron chi connectivity index (χ4n) is 7.93. The number of phenolic OH excluding ortho intramolecular Hbond substituents is 1. The smallest absolute Gasteiger partial charge is 0.249 e. The first-order chi connectivity index (χ1) is 21.8. The van der Waals surface area contributed by atoms with Gasteiger partial charge in [-0.05, 0) is 75.4 Å². The molecule has 12 heteroatoms. The van der Waals surface area contributed by atoms with Crippen LogP contribution in [-0.4, -0.2) is 88.5 Å². The summed E-state index contributed by atoms with van der Waals surface area (Å²) in [6.45, 7) is 2.29. The molecule has 1 saturated heterocycles. The second kappa shape index (κ2) is 11.5. The Labute approximate surface area is 265 Å². The topological polar surface area (TPSA) is 193 Å². The summed E-state index contributed by atoms with van der Waals surface area (Å²) in [5.41, 5.74) is 5.59. The van der Waals surface area contributed by atoms with Crippen molar-refractivity contribution in [2.75, 3.05) is 20.7 Å². The van der Waals surface area contributed by atoms with Gasteiger partial charge in [-0.15, -0.1) is 0 Å². The number of amides is 2. The molecule has 1 aliphatic heterocycles. The molecule has 0 aromatic heterocycles. The van der Waals surface area contributed by atoms with Crippen molar-refractivity contribution in [2.45, 2.75) is 56.9 Å². The lowest BCUT2D eigenvalue weighted by atomic mass is 9.52. The molecule has 2 saturated carbocycles. The van der Waals surface area contributed by atoms with E-state index < -0.39 is 76.2 Å². The number of hydrogen-bond donors (Lipinski definition) is 4. The summed E-state index contributed by atoms with van der Waals surface area (Å²) in [5, 5.41) is 26.2. The van der Waals surface area contributed by atoms with Crippen LogP contribution in [0, 0.1) is 30.6 Å². The summed E-state index contributed by atoms with van der Waals surface area (Å²) >= 11 is 0. The van der Waals surface area contributed by atoms with Crippen molar-refractivity contribution in [2.24, 2.45) is 29.4 Å². The van der Waals surface area contributed by atoms with Crippen LogP contribution >= 0.6 is 0 Å². The van der Waals surface area contributed by atoms with Gasteiger partial charge in [-0.2, -0.15) is 0 Å². The zero-order valence-electron chi connectivity index (χ0n) is 25.9. The van der Waals surface area contributed by atoms with Crippen LogP contribution in [0.2, 0.25) is 0 Å². The molecule has 3 fully saturated rings. The number of rotatable bonds is 6. The SMILES string of the molecule is Cc1ccc(-c2cc(CNC(=O)C3CCCO3)c(O)c3c2C[C@H]2C[C@H]4[C@H](N(C)C)C(=O)C(C(N)=O)C(=O)[C@@]4(O)C(=O)C2C3=O)cc1. The van der Waals surface area contributed by atoms with E-state index in [-0.39, 0.29) is 36.4 Å². The molecule has 4 aliphatic rings. The van der Waals surface area contributed by atoms with E-state index in [1.54, 1.807) is 20.2 Å². The zero-order chi connectivity index (χ0) is 33.2. The van der Waals surface area contributed by atoms with Crippen LogP contribution in [0.5, 0.6) is 5.75 Å². The molecule has 46 heavy (non-hydrogen) atoms. The summed E-state index contributed by atoms with van der Waals surface area (Å²) in [6, 6.07) is 8.10. The third-order valence-electron chi connectivity index (χ3n) is 10.2. The normalized spacial score (nSPS) is 30.5. The average molecular weight is 632 g/mol. The van der Waals surface area contributed by atoms with Gasteiger partial charge in [-0.1, -0.05) is 29.8 Å². The number of Topliss-reactive ketones (excluding diaryl/α,β-unsaturated/α-hetero) is 4. The molecule has 0 spiro atoms. The fourth-order valence-corrected chi connectivity index (χ4v) is 7.93. The average Bonchev–Trinajstić information content (AvgIpc) is 3.54. The van der Waals surface area contributed by atoms with Crippen molar-refractivity contribution < 1.29 is 43.7 Å². The van der Waals surface area contributed by atoms with Crippen LogP contribution in [0.1, 0.15) is 46.3 Å². The Kier molecular flexibility index (Phi) is 7.94. The Morgan fingerprint density at radius 3 is 2.41 bits per heavy atom. The maximum atomic E-state index is 14.4. The van der Waals surface area contributed by atoms with Gasteiger partial charge in [0.25, 0.3) is 0 Å². The highest BCUT2D eigenvalue weighted by molar-refractivity contribution is 6.32. The maximum absolute atomic E-state index is 14.4. The second-order valence-electron chi connectivity index (χ2n) is 13.2. The van der Waals surface area contributed by atoms with E-state index in [1.165, 1.54) is 4.90 Å². The van der Waals surface area contributed by atoms with E-state index in [4.69, 9.17) is 10.5 Å². The second-order valence-corrected chi connectivity index (χ2v) is 13.2. The standard InChI is InChI=1S/C34H37N3O9/c1-15-6-8-16(9-7-15)19-12-18(14-36-33(44)22-5-4-10-46-22)27(38)24-20(19)11-17-13-21-26(37(2)3)29(40)25(32(35)43)31(42)34(21,45)30(41)23(17)28(24)39/h6-9,12,17,21-23,25-26,38,45H,4-5,10-11,13-14H2,1-3H3,(H2,35,43)(H,36,44)/t17-,21-,22?,23?,25?,26-,34-/m0/s1. The number of likely N-dealkylation sites (N-methyl/N-ethyl adjacent to an activating group) is 1. The Morgan fingerprint density at radius 1 is 1.11 bits per heavy atom. The van der Waals surface area contributed by atoms with Gasteiger partial charge in [0.2, 0.25) is 11.8 Å². The highest BCUT2D eigenvalue weighted by atomic mass is 16.5. The Hall–Kier alpha value is -4.26. The molecule has 5 N–H and O–H groups in total. The molecule has 0 bridgehead atoms. The number of aryl methyl sites for hydroxylation is 1. The van der Waals surface area contributed by atoms with Crippen LogP contribution < -0.4 is 11.1 Å². The van der Waals surface area contributed by atoms with E-state index in [9.17, 15) is 39.0 Å². The third kappa shape index (κ3) is 4.78. The molecule has 0 radical (unpaired) electrons. The number of hydrogen-bond acceptors (Lipinski definition) is 10. The largest absolute Gasteiger partial charge is 0.507 e. The maximum Gasteiger partial charge on any atom is 0.249 e. The van der Waals surface area contributed by atoms with Gasteiger partial charge < -0.3 is 26.0 Å². The molecule has 6 rings (SSSR count).